The van der Waals surface area contributed by atoms with Crippen molar-refractivity contribution < 1.29 is 14.3 Å². The van der Waals surface area contributed by atoms with E-state index >= 15 is 0 Å². The first-order chi connectivity index (χ1) is 13.0. The number of hydrogen-bond donors (Lipinski definition) is 2. The molecule has 0 spiro atoms. The Labute approximate surface area is 156 Å². The van der Waals surface area contributed by atoms with E-state index in [1.165, 1.54) is 7.11 Å². The molecule has 2 N–H and O–H groups in total. The van der Waals surface area contributed by atoms with E-state index in [-0.39, 0.29) is 12.0 Å². The fourth-order valence-corrected chi connectivity index (χ4v) is 3.19. The minimum absolute atomic E-state index is 0.0482. The summed E-state index contributed by atoms with van der Waals surface area (Å²) < 4.78 is 11.7. The second kappa shape index (κ2) is 7.94. The summed E-state index contributed by atoms with van der Waals surface area (Å²) in [6.45, 7) is 0. The molecule has 3 aromatic rings. The Morgan fingerprint density at radius 3 is 2.52 bits per heavy atom. The average molecular weight is 370 g/mol. The number of nitrogens with zero attached hydrogens (tertiary/aromatic N) is 2. The highest BCUT2D eigenvalue weighted by molar-refractivity contribution is 5.71. The molecule has 0 unspecified atom stereocenters. The van der Waals surface area contributed by atoms with E-state index in [9.17, 15) is 9.59 Å². The Kier molecular flexibility index (Phi) is 5.44. The number of esters is 1. The lowest BCUT2D eigenvalue weighted by molar-refractivity contribution is -0.140. The predicted molar refractivity (Wildman–Crippen MR) is 98.9 cm³/mol. The molecule has 0 fully saturated rings. The van der Waals surface area contributed by atoms with Crippen molar-refractivity contribution >= 4 is 5.97 Å². The van der Waals surface area contributed by atoms with Crippen LogP contribution in [0.25, 0.3) is 0 Å². The Balaban J connectivity index is 1.99. The summed E-state index contributed by atoms with van der Waals surface area (Å²) in [5, 5.41) is 9.77. The van der Waals surface area contributed by atoms with Gasteiger partial charge in [0.15, 0.2) is 0 Å². The molecule has 27 heavy (non-hydrogen) atoms. The Bertz CT molecular complexity index is 968. The van der Waals surface area contributed by atoms with Crippen molar-refractivity contribution in [1.29, 1.82) is 0 Å². The van der Waals surface area contributed by atoms with Crippen molar-refractivity contribution in [1.82, 2.24) is 20.0 Å². The first-order valence-electron chi connectivity index (χ1n) is 8.50. The van der Waals surface area contributed by atoms with Crippen LogP contribution >= 0.6 is 0 Å². The highest BCUT2D eigenvalue weighted by Gasteiger charge is 2.27. The van der Waals surface area contributed by atoms with Crippen LogP contribution in [0, 0.1) is 0 Å². The zero-order valence-corrected chi connectivity index (χ0v) is 15.5. The molecular weight excluding hydrogens is 348 g/mol. The van der Waals surface area contributed by atoms with Gasteiger partial charge < -0.3 is 14.6 Å². The van der Waals surface area contributed by atoms with Gasteiger partial charge in [-0.3, -0.25) is 19.4 Å². The zero-order valence-electron chi connectivity index (χ0n) is 15.5. The first-order valence-corrected chi connectivity index (χ1v) is 8.50. The normalized spacial score (nSPS) is 12.0. The van der Waals surface area contributed by atoms with Crippen molar-refractivity contribution in [2.75, 3.05) is 14.2 Å². The molecule has 0 bridgehead atoms. The molecule has 0 amide bonds. The minimum atomic E-state index is -0.465. The third-order valence-corrected chi connectivity index (χ3v) is 4.60. The Morgan fingerprint density at radius 2 is 1.93 bits per heavy atom. The monoisotopic (exact) mass is 370 g/mol. The molecule has 8 heteroatoms. The molecule has 2 heterocycles. The van der Waals surface area contributed by atoms with Crippen molar-refractivity contribution in [3.8, 4) is 5.75 Å². The number of benzene rings is 1. The van der Waals surface area contributed by atoms with Crippen LogP contribution in [0.15, 0.2) is 41.3 Å². The molecule has 0 aliphatic heterocycles. The second-order valence-corrected chi connectivity index (χ2v) is 6.21. The summed E-state index contributed by atoms with van der Waals surface area (Å²) in [5.41, 5.74) is 2.75. The van der Waals surface area contributed by atoms with Gasteiger partial charge in [-0.15, -0.1) is 0 Å². The lowest BCUT2D eigenvalue weighted by atomic mass is 9.90. The summed E-state index contributed by atoms with van der Waals surface area (Å²) >= 11 is 0. The maximum absolute atomic E-state index is 12.6. The number of rotatable bonds is 7. The van der Waals surface area contributed by atoms with Crippen molar-refractivity contribution in [3.05, 3.63) is 69.4 Å². The van der Waals surface area contributed by atoms with E-state index in [4.69, 9.17) is 9.47 Å². The average Bonchev–Trinajstić information content (AvgIpc) is 3.26. The van der Waals surface area contributed by atoms with Gasteiger partial charge in [0, 0.05) is 42.5 Å². The van der Waals surface area contributed by atoms with Crippen LogP contribution in [0.4, 0.5) is 0 Å². The lowest BCUT2D eigenvalue weighted by Crippen LogP contribution is -2.20. The van der Waals surface area contributed by atoms with Crippen LogP contribution in [0.1, 0.15) is 34.9 Å². The standard InChI is InChI=1S/C19H22N4O4/c1-23-16(8-9-20-23)14(11-17(24)27-3)18-15(21-22-19(18)25)10-12-4-6-13(26-2)7-5-12/h4-9,14H,10-11H2,1-3H3,(H2,21,22,25)/t14-/m0/s1. The molecular formula is C19H22N4O4. The van der Waals surface area contributed by atoms with Crippen LogP contribution in [-0.4, -0.2) is 40.2 Å². The number of methoxy groups -OCH3 is 2. The highest BCUT2D eigenvalue weighted by Crippen LogP contribution is 2.29. The topological polar surface area (TPSA) is 102 Å². The van der Waals surface area contributed by atoms with Gasteiger partial charge in [0.05, 0.1) is 20.6 Å². The number of carbonyl (C=O) groups is 1. The predicted octanol–water partition coefficient (Wildman–Crippen LogP) is 1.73. The van der Waals surface area contributed by atoms with Gasteiger partial charge in [-0.2, -0.15) is 5.10 Å². The van der Waals surface area contributed by atoms with Gasteiger partial charge >= 0.3 is 5.97 Å². The summed E-state index contributed by atoms with van der Waals surface area (Å²) in [7, 11) is 4.73. The van der Waals surface area contributed by atoms with Crippen LogP contribution in [-0.2, 0) is 23.0 Å². The van der Waals surface area contributed by atoms with Crippen LogP contribution < -0.4 is 10.3 Å². The number of nitrogens with one attached hydrogen (secondary N) is 2. The number of H-pyrrole nitrogens is 2. The number of ether oxygens (including phenoxy) is 2. The van der Waals surface area contributed by atoms with E-state index in [0.29, 0.717) is 12.0 Å². The zero-order chi connectivity index (χ0) is 19.4. The first kappa shape index (κ1) is 18.5. The molecule has 0 aliphatic rings. The van der Waals surface area contributed by atoms with E-state index in [0.717, 1.165) is 22.7 Å². The van der Waals surface area contributed by atoms with E-state index in [1.54, 1.807) is 31.1 Å². The quantitative estimate of drug-likeness (QED) is 0.617. The van der Waals surface area contributed by atoms with Crippen molar-refractivity contribution in [2.24, 2.45) is 7.05 Å². The largest absolute Gasteiger partial charge is 0.497 e. The van der Waals surface area contributed by atoms with Gasteiger partial charge in [-0.1, -0.05) is 12.1 Å². The molecule has 2 aromatic heterocycles. The summed E-state index contributed by atoms with van der Waals surface area (Å²) in [4.78, 5) is 24.5. The summed E-state index contributed by atoms with van der Waals surface area (Å²) in [5.74, 6) is -0.0922. The van der Waals surface area contributed by atoms with E-state index < -0.39 is 11.9 Å². The van der Waals surface area contributed by atoms with Gasteiger partial charge in [0.25, 0.3) is 5.56 Å². The molecule has 1 aromatic carbocycles. The van der Waals surface area contributed by atoms with Gasteiger partial charge in [0.1, 0.15) is 5.75 Å². The third-order valence-electron chi connectivity index (χ3n) is 4.60. The molecule has 8 nitrogen and oxygen atoms in total. The molecule has 3 rings (SSSR count). The van der Waals surface area contributed by atoms with Gasteiger partial charge in [-0.05, 0) is 23.8 Å². The molecule has 0 saturated carbocycles. The minimum Gasteiger partial charge on any atom is -0.497 e. The van der Waals surface area contributed by atoms with Gasteiger partial charge in [-0.25, -0.2) is 0 Å². The number of aryl methyl sites for hydroxylation is 1. The summed E-state index contributed by atoms with van der Waals surface area (Å²) in [6, 6.07) is 9.41. The number of aromatic amines is 2. The molecule has 0 saturated heterocycles. The number of hydrogen-bond acceptors (Lipinski definition) is 5. The molecule has 0 aliphatic carbocycles. The van der Waals surface area contributed by atoms with Crippen molar-refractivity contribution in [3.63, 3.8) is 0 Å². The Hall–Kier alpha value is -3.29. The second-order valence-electron chi connectivity index (χ2n) is 6.21. The molecule has 0 radical (unpaired) electrons. The molecule has 1 atom stereocenters. The maximum atomic E-state index is 12.6. The Morgan fingerprint density at radius 1 is 1.19 bits per heavy atom. The molecule has 142 valence electrons. The summed E-state index contributed by atoms with van der Waals surface area (Å²) in [6.07, 6.45) is 2.20. The van der Waals surface area contributed by atoms with Crippen LogP contribution in [0.3, 0.4) is 0 Å². The highest BCUT2D eigenvalue weighted by atomic mass is 16.5. The fourth-order valence-electron chi connectivity index (χ4n) is 3.19. The maximum Gasteiger partial charge on any atom is 0.306 e. The number of carbonyl (C=O) groups excluding carboxylic acids is 1. The van der Waals surface area contributed by atoms with E-state index in [2.05, 4.69) is 15.3 Å². The lowest BCUT2D eigenvalue weighted by Gasteiger charge is -2.16. The van der Waals surface area contributed by atoms with E-state index in [1.807, 2.05) is 24.3 Å². The smallest absolute Gasteiger partial charge is 0.306 e. The van der Waals surface area contributed by atoms with Crippen molar-refractivity contribution in [2.45, 2.75) is 18.8 Å². The third kappa shape index (κ3) is 3.94. The fraction of sp³-hybridized carbons (Fsp3) is 0.316. The van der Waals surface area contributed by atoms with Crippen LogP contribution in [0.2, 0.25) is 0 Å². The van der Waals surface area contributed by atoms with Crippen LogP contribution in [0.5, 0.6) is 5.75 Å². The SMILES string of the molecule is COC(=O)C[C@H](c1c(Cc2ccc(OC)cc2)[nH][nH]c1=O)c1ccnn1C. The number of aromatic nitrogens is 4. The van der Waals surface area contributed by atoms with Gasteiger partial charge in [0.2, 0.25) is 0 Å².